The lowest BCUT2D eigenvalue weighted by Crippen LogP contribution is -2.42. The summed E-state index contributed by atoms with van der Waals surface area (Å²) < 4.78 is 14.7. The molecule has 1 fully saturated rings. The number of hydrogen-bond donors (Lipinski definition) is 1. The van der Waals surface area contributed by atoms with Gasteiger partial charge in [-0.1, -0.05) is 17.4 Å². The fourth-order valence-corrected chi connectivity index (χ4v) is 4.25. The lowest BCUT2D eigenvalue weighted by atomic mass is 9.97. The summed E-state index contributed by atoms with van der Waals surface area (Å²) >= 11 is 1.48. The van der Waals surface area contributed by atoms with Crippen LogP contribution >= 0.6 is 11.3 Å². The van der Waals surface area contributed by atoms with Crippen LogP contribution in [0.2, 0.25) is 0 Å². The molecule has 0 aliphatic carbocycles. The summed E-state index contributed by atoms with van der Waals surface area (Å²) in [6, 6.07) is 8.79. The van der Waals surface area contributed by atoms with Gasteiger partial charge in [0.2, 0.25) is 5.91 Å². The van der Waals surface area contributed by atoms with Crippen LogP contribution in [0.3, 0.4) is 0 Å². The number of carbonyl (C=O) groups is 1. The van der Waals surface area contributed by atoms with Crippen molar-refractivity contribution in [3.63, 3.8) is 0 Å². The molecule has 3 heterocycles. The summed E-state index contributed by atoms with van der Waals surface area (Å²) in [6.45, 7) is 1.96. The molecule has 2 aromatic heterocycles. The second kappa shape index (κ2) is 7.37. The molecule has 1 atom stereocenters. The van der Waals surface area contributed by atoms with Crippen LogP contribution in [0.25, 0.3) is 10.2 Å². The summed E-state index contributed by atoms with van der Waals surface area (Å²) in [6.07, 6.45) is 5.22. The average molecular weight is 370 g/mol. The first kappa shape index (κ1) is 16.9. The number of hydrogen-bond acceptors (Lipinski definition) is 5. The number of pyridine rings is 1. The van der Waals surface area contributed by atoms with Crippen molar-refractivity contribution in [1.82, 2.24) is 15.3 Å². The summed E-state index contributed by atoms with van der Waals surface area (Å²) in [5.74, 6) is -0.324. The predicted octanol–water partition coefficient (Wildman–Crippen LogP) is 3.36. The molecule has 1 aliphatic heterocycles. The van der Waals surface area contributed by atoms with Gasteiger partial charge in [0.15, 0.2) is 5.13 Å². The molecule has 134 valence electrons. The molecule has 0 bridgehead atoms. The fourth-order valence-electron chi connectivity index (χ4n) is 3.24. The van der Waals surface area contributed by atoms with E-state index in [-0.39, 0.29) is 17.6 Å². The van der Waals surface area contributed by atoms with Crippen molar-refractivity contribution in [2.45, 2.75) is 19.4 Å². The Balaban J connectivity index is 1.43. The standard InChI is InChI=1S/C19H19FN4OS/c20-15-4-1-5-16-17(15)23-19(26-16)24-10-2-3-14(12-24)18(25)22-11-13-6-8-21-9-7-13/h1,4-9,14H,2-3,10-12H2,(H,22,25). The molecule has 1 unspecified atom stereocenters. The quantitative estimate of drug-likeness (QED) is 0.765. The number of fused-ring (bicyclic) bond motifs is 1. The Morgan fingerprint density at radius 2 is 2.15 bits per heavy atom. The maximum Gasteiger partial charge on any atom is 0.225 e. The molecule has 1 aromatic carbocycles. The highest BCUT2D eigenvalue weighted by atomic mass is 32.1. The van der Waals surface area contributed by atoms with E-state index in [2.05, 4.69) is 20.2 Å². The fraction of sp³-hybridized carbons (Fsp3) is 0.316. The number of nitrogens with one attached hydrogen (secondary N) is 1. The minimum Gasteiger partial charge on any atom is -0.352 e. The highest BCUT2D eigenvalue weighted by Gasteiger charge is 2.27. The van der Waals surface area contributed by atoms with Gasteiger partial charge in [-0.3, -0.25) is 9.78 Å². The number of rotatable bonds is 4. The molecule has 0 radical (unpaired) electrons. The van der Waals surface area contributed by atoms with Crippen LogP contribution < -0.4 is 10.2 Å². The zero-order chi connectivity index (χ0) is 17.9. The van der Waals surface area contributed by atoms with E-state index in [9.17, 15) is 9.18 Å². The molecule has 3 aromatic rings. The van der Waals surface area contributed by atoms with Gasteiger partial charge in [0.1, 0.15) is 11.3 Å². The van der Waals surface area contributed by atoms with Crippen LogP contribution in [0.4, 0.5) is 9.52 Å². The number of para-hydroxylation sites is 1. The summed E-state index contributed by atoms with van der Waals surface area (Å²) in [4.78, 5) is 23.1. The van der Waals surface area contributed by atoms with Crippen molar-refractivity contribution in [3.8, 4) is 0 Å². The van der Waals surface area contributed by atoms with Crippen molar-refractivity contribution in [2.24, 2.45) is 5.92 Å². The number of anilines is 1. The Labute approximate surface area is 154 Å². The van der Waals surface area contributed by atoms with Gasteiger partial charge < -0.3 is 10.2 Å². The predicted molar refractivity (Wildman–Crippen MR) is 101 cm³/mol. The third kappa shape index (κ3) is 3.53. The maximum absolute atomic E-state index is 13.9. The highest BCUT2D eigenvalue weighted by Crippen LogP contribution is 2.32. The van der Waals surface area contributed by atoms with Gasteiger partial charge in [-0.15, -0.1) is 0 Å². The second-order valence-electron chi connectivity index (χ2n) is 6.44. The largest absolute Gasteiger partial charge is 0.352 e. The zero-order valence-electron chi connectivity index (χ0n) is 14.2. The van der Waals surface area contributed by atoms with Crippen molar-refractivity contribution in [3.05, 3.63) is 54.1 Å². The maximum atomic E-state index is 13.9. The first-order valence-corrected chi connectivity index (χ1v) is 9.49. The number of thiazole rings is 1. The number of halogens is 1. The van der Waals surface area contributed by atoms with Crippen LogP contribution in [-0.2, 0) is 11.3 Å². The first-order chi connectivity index (χ1) is 12.7. The summed E-state index contributed by atoms with van der Waals surface area (Å²) in [5, 5.41) is 3.79. The van der Waals surface area contributed by atoms with E-state index in [1.165, 1.54) is 17.4 Å². The number of amides is 1. The second-order valence-corrected chi connectivity index (χ2v) is 7.45. The van der Waals surface area contributed by atoms with Gasteiger partial charge in [0.25, 0.3) is 0 Å². The molecule has 7 heteroatoms. The Morgan fingerprint density at radius 1 is 1.31 bits per heavy atom. The minimum atomic E-state index is -0.298. The molecule has 4 rings (SSSR count). The SMILES string of the molecule is O=C(NCc1ccncc1)C1CCCN(c2nc3c(F)cccc3s2)C1. The minimum absolute atomic E-state index is 0.0544. The Bertz CT molecular complexity index is 914. The van der Waals surface area contributed by atoms with Crippen LogP contribution in [-0.4, -0.2) is 29.0 Å². The number of aromatic nitrogens is 2. The molecule has 0 spiro atoms. The van der Waals surface area contributed by atoms with E-state index >= 15 is 0 Å². The first-order valence-electron chi connectivity index (χ1n) is 8.67. The Morgan fingerprint density at radius 3 is 2.96 bits per heavy atom. The topological polar surface area (TPSA) is 58.1 Å². The number of nitrogens with zero attached hydrogens (tertiary/aromatic N) is 3. The van der Waals surface area contributed by atoms with Gasteiger partial charge in [-0.05, 0) is 42.7 Å². The number of benzene rings is 1. The molecule has 0 saturated carbocycles. The molecular formula is C19H19FN4OS. The monoisotopic (exact) mass is 370 g/mol. The van der Waals surface area contributed by atoms with Crippen molar-refractivity contribution < 1.29 is 9.18 Å². The van der Waals surface area contributed by atoms with E-state index in [1.807, 2.05) is 18.2 Å². The summed E-state index contributed by atoms with van der Waals surface area (Å²) in [7, 11) is 0. The molecule has 5 nitrogen and oxygen atoms in total. The average Bonchev–Trinajstić information content (AvgIpc) is 3.13. The Kier molecular flexibility index (Phi) is 4.79. The molecule has 26 heavy (non-hydrogen) atoms. The number of carbonyl (C=O) groups excluding carboxylic acids is 1. The zero-order valence-corrected chi connectivity index (χ0v) is 15.0. The molecule has 1 aliphatic rings. The third-order valence-corrected chi connectivity index (χ3v) is 5.72. The van der Waals surface area contributed by atoms with Crippen molar-refractivity contribution in [1.29, 1.82) is 0 Å². The van der Waals surface area contributed by atoms with Gasteiger partial charge in [0, 0.05) is 32.0 Å². The normalized spacial score (nSPS) is 17.4. The molecular weight excluding hydrogens is 351 g/mol. The molecule has 1 saturated heterocycles. The van der Waals surface area contributed by atoms with Gasteiger partial charge in [-0.25, -0.2) is 9.37 Å². The van der Waals surface area contributed by atoms with Crippen LogP contribution in [0.5, 0.6) is 0 Å². The van der Waals surface area contributed by atoms with Gasteiger partial charge in [0.05, 0.1) is 10.6 Å². The van der Waals surface area contributed by atoms with E-state index in [4.69, 9.17) is 0 Å². The van der Waals surface area contributed by atoms with Crippen LogP contribution in [0, 0.1) is 11.7 Å². The van der Waals surface area contributed by atoms with E-state index in [0.29, 0.717) is 18.6 Å². The van der Waals surface area contributed by atoms with E-state index in [0.717, 1.165) is 34.8 Å². The summed E-state index contributed by atoms with van der Waals surface area (Å²) in [5.41, 5.74) is 1.44. The lowest BCUT2D eigenvalue weighted by Gasteiger charge is -2.31. The number of piperidine rings is 1. The molecule has 1 N–H and O–H groups in total. The Hall–Kier alpha value is -2.54. The van der Waals surface area contributed by atoms with Crippen molar-refractivity contribution >= 4 is 32.6 Å². The van der Waals surface area contributed by atoms with E-state index < -0.39 is 0 Å². The third-order valence-electron chi connectivity index (χ3n) is 4.64. The van der Waals surface area contributed by atoms with Crippen LogP contribution in [0.15, 0.2) is 42.7 Å². The van der Waals surface area contributed by atoms with Gasteiger partial charge in [-0.2, -0.15) is 0 Å². The van der Waals surface area contributed by atoms with Crippen molar-refractivity contribution in [2.75, 3.05) is 18.0 Å². The van der Waals surface area contributed by atoms with E-state index in [1.54, 1.807) is 18.5 Å². The smallest absolute Gasteiger partial charge is 0.225 e. The molecule has 1 amide bonds. The van der Waals surface area contributed by atoms with Crippen LogP contribution in [0.1, 0.15) is 18.4 Å². The van der Waals surface area contributed by atoms with Gasteiger partial charge >= 0.3 is 0 Å². The highest BCUT2D eigenvalue weighted by molar-refractivity contribution is 7.22. The lowest BCUT2D eigenvalue weighted by molar-refractivity contribution is -0.125.